The molecule has 0 unspecified atom stereocenters. The van der Waals surface area contributed by atoms with E-state index in [-0.39, 0.29) is 44.5 Å². The number of rotatable bonds is 4. The molecule has 2 heterocycles. The number of halogens is 5. The van der Waals surface area contributed by atoms with Crippen molar-refractivity contribution in [3.8, 4) is 5.69 Å². The molecule has 8 nitrogen and oxygen atoms in total. The molecule has 0 spiro atoms. The van der Waals surface area contributed by atoms with Crippen LogP contribution in [0.5, 0.6) is 0 Å². The SMILES string of the molecule is CCOC(=O)[C@@]1(C)CC(c2cc(-n3c(=O)cc(C(F)(F)F)n(C)c3=O)c(F)cc2Cl)=NO1. The van der Waals surface area contributed by atoms with Crippen molar-refractivity contribution in [2.45, 2.75) is 32.0 Å². The van der Waals surface area contributed by atoms with Gasteiger partial charge in [0.1, 0.15) is 11.5 Å². The molecule has 0 aliphatic carbocycles. The van der Waals surface area contributed by atoms with Gasteiger partial charge in [-0.1, -0.05) is 16.8 Å². The Bertz CT molecular complexity index is 1250. The number of hydrogen-bond donors (Lipinski definition) is 0. The third kappa shape index (κ3) is 4.01. The molecule has 0 amide bonds. The molecule has 1 aliphatic rings. The number of carbonyl (C=O) groups is 1. The van der Waals surface area contributed by atoms with E-state index in [4.69, 9.17) is 21.2 Å². The van der Waals surface area contributed by atoms with Gasteiger partial charge in [0.25, 0.3) is 5.56 Å². The van der Waals surface area contributed by atoms with E-state index in [1.807, 2.05) is 0 Å². The van der Waals surface area contributed by atoms with Gasteiger partial charge in [-0.25, -0.2) is 18.5 Å². The first-order valence-corrected chi connectivity index (χ1v) is 9.50. The highest BCUT2D eigenvalue weighted by atomic mass is 35.5. The lowest BCUT2D eigenvalue weighted by Crippen LogP contribution is -2.41. The van der Waals surface area contributed by atoms with Crippen LogP contribution in [0.3, 0.4) is 0 Å². The van der Waals surface area contributed by atoms with Crippen LogP contribution in [0.4, 0.5) is 17.6 Å². The van der Waals surface area contributed by atoms with Gasteiger partial charge in [-0.3, -0.25) is 9.36 Å². The summed E-state index contributed by atoms with van der Waals surface area (Å²) in [6, 6.07) is 1.94. The second-order valence-electron chi connectivity index (χ2n) is 7.08. The number of ether oxygens (including phenoxy) is 1. The Hall–Kier alpha value is -3.15. The molecule has 1 atom stereocenters. The number of aromatic nitrogens is 2. The molecule has 2 aromatic rings. The highest BCUT2D eigenvalue weighted by molar-refractivity contribution is 6.34. The zero-order valence-electron chi connectivity index (χ0n) is 16.9. The summed E-state index contributed by atoms with van der Waals surface area (Å²) >= 11 is 6.09. The van der Waals surface area contributed by atoms with Gasteiger partial charge in [0, 0.05) is 25.1 Å². The summed E-state index contributed by atoms with van der Waals surface area (Å²) in [7, 11) is 0.801. The Morgan fingerprint density at radius 3 is 2.56 bits per heavy atom. The van der Waals surface area contributed by atoms with Crippen molar-refractivity contribution >= 4 is 23.3 Å². The number of alkyl halides is 3. The van der Waals surface area contributed by atoms with Crippen LogP contribution in [0, 0.1) is 5.82 Å². The van der Waals surface area contributed by atoms with E-state index >= 15 is 0 Å². The van der Waals surface area contributed by atoms with Crippen LogP contribution in [0.15, 0.2) is 32.9 Å². The molecule has 1 aliphatic heterocycles. The van der Waals surface area contributed by atoms with E-state index in [9.17, 15) is 31.9 Å². The van der Waals surface area contributed by atoms with Crippen LogP contribution in [0.25, 0.3) is 5.69 Å². The summed E-state index contributed by atoms with van der Waals surface area (Å²) in [6.45, 7) is 3.11. The molecule has 0 fully saturated rings. The minimum Gasteiger partial charge on any atom is -0.463 e. The zero-order chi connectivity index (χ0) is 24.0. The summed E-state index contributed by atoms with van der Waals surface area (Å²) in [4.78, 5) is 42.1. The number of hydrogen-bond acceptors (Lipinski definition) is 6. The molecule has 13 heteroatoms. The second kappa shape index (κ2) is 8.08. The minimum absolute atomic E-state index is 0.0185. The van der Waals surface area contributed by atoms with Gasteiger partial charge in [0.05, 0.1) is 23.0 Å². The fourth-order valence-electron chi connectivity index (χ4n) is 3.13. The molecule has 0 radical (unpaired) electrons. The van der Waals surface area contributed by atoms with E-state index in [0.717, 1.165) is 19.2 Å². The summed E-state index contributed by atoms with van der Waals surface area (Å²) < 4.78 is 59.2. The van der Waals surface area contributed by atoms with Gasteiger partial charge in [-0.15, -0.1) is 0 Å². The fraction of sp³-hybridized carbons (Fsp3) is 0.368. The number of esters is 1. The van der Waals surface area contributed by atoms with Crippen LogP contribution >= 0.6 is 11.6 Å². The predicted octanol–water partition coefficient (Wildman–Crippen LogP) is 2.79. The van der Waals surface area contributed by atoms with Crippen LogP contribution < -0.4 is 11.2 Å². The molecule has 1 aromatic heterocycles. The number of benzene rings is 1. The average molecular weight is 478 g/mol. The summed E-state index contributed by atoms with van der Waals surface area (Å²) in [5, 5.41) is 3.60. The monoisotopic (exact) mass is 477 g/mol. The highest BCUT2D eigenvalue weighted by Gasteiger charge is 2.44. The van der Waals surface area contributed by atoms with Gasteiger partial charge < -0.3 is 9.57 Å². The third-order valence-electron chi connectivity index (χ3n) is 4.77. The molecule has 1 aromatic carbocycles. The Balaban J connectivity index is 2.13. The minimum atomic E-state index is -4.97. The van der Waals surface area contributed by atoms with Crippen LogP contribution in [0.2, 0.25) is 5.02 Å². The maximum absolute atomic E-state index is 14.7. The van der Waals surface area contributed by atoms with E-state index in [1.165, 1.54) is 6.92 Å². The smallest absolute Gasteiger partial charge is 0.431 e. The van der Waals surface area contributed by atoms with Crippen molar-refractivity contribution < 1.29 is 31.9 Å². The van der Waals surface area contributed by atoms with Gasteiger partial charge >= 0.3 is 17.8 Å². The van der Waals surface area contributed by atoms with Crippen LogP contribution in [0.1, 0.15) is 31.5 Å². The van der Waals surface area contributed by atoms with Crippen LogP contribution in [-0.2, 0) is 27.6 Å². The summed E-state index contributed by atoms with van der Waals surface area (Å²) in [5.74, 6) is -1.84. The van der Waals surface area contributed by atoms with Gasteiger partial charge in [-0.2, -0.15) is 13.2 Å². The lowest BCUT2D eigenvalue weighted by molar-refractivity contribution is -0.166. The molecule has 3 rings (SSSR count). The van der Waals surface area contributed by atoms with Gasteiger partial charge in [0.2, 0.25) is 5.60 Å². The first-order chi connectivity index (χ1) is 14.8. The zero-order valence-corrected chi connectivity index (χ0v) is 17.7. The topological polar surface area (TPSA) is 91.9 Å². The third-order valence-corrected chi connectivity index (χ3v) is 5.08. The normalized spacial score (nSPS) is 18.3. The molecule has 0 bridgehead atoms. The first-order valence-electron chi connectivity index (χ1n) is 9.12. The van der Waals surface area contributed by atoms with Crippen LogP contribution in [-0.4, -0.2) is 33.0 Å². The Morgan fingerprint density at radius 1 is 1.31 bits per heavy atom. The molecule has 0 saturated carbocycles. The molecule has 32 heavy (non-hydrogen) atoms. The second-order valence-corrected chi connectivity index (χ2v) is 7.49. The molecular weight excluding hydrogens is 462 g/mol. The summed E-state index contributed by atoms with van der Waals surface area (Å²) in [6.07, 6.45) is -5.10. The number of oxime groups is 1. The van der Waals surface area contributed by atoms with Crippen molar-refractivity contribution in [3.63, 3.8) is 0 Å². The Morgan fingerprint density at radius 2 is 1.97 bits per heavy atom. The lowest BCUT2D eigenvalue weighted by Gasteiger charge is -2.18. The van der Waals surface area contributed by atoms with E-state index in [0.29, 0.717) is 0 Å². The molecule has 0 N–H and O–H groups in total. The van der Waals surface area contributed by atoms with Crippen molar-refractivity contribution in [2.24, 2.45) is 12.2 Å². The van der Waals surface area contributed by atoms with Crippen molar-refractivity contribution in [1.82, 2.24) is 9.13 Å². The van der Waals surface area contributed by atoms with E-state index < -0.39 is 46.2 Å². The molecular formula is C19H16ClF4N3O5. The maximum Gasteiger partial charge on any atom is 0.431 e. The lowest BCUT2D eigenvalue weighted by atomic mass is 9.95. The van der Waals surface area contributed by atoms with E-state index in [2.05, 4.69) is 5.16 Å². The first kappa shape index (κ1) is 23.5. The van der Waals surface area contributed by atoms with Gasteiger partial charge in [0.15, 0.2) is 0 Å². The van der Waals surface area contributed by atoms with Crippen molar-refractivity contribution in [3.05, 3.63) is 61.1 Å². The van der Waals surface area contributed by atoms with Crippen molar-refractivity contribution in [1.29, 1.82) is 0 Å². The Kier molecular flexibility index (Phi) is 5.94. The van der Waals surface area contributed by atoms with Gasteiger partial charge in [-0.05, 0) is 26.0 Å². The quantitative estimate of drug-likeness (QED) is 0.499. The maximum atomic E-state index is 14.7. The Labute approximate surface area is 182 Å². The average Bonchev–Trinajstić information content (AvgIpc) is 3.09. The fourth-order valence-corrected chi connectivity index (χ4v) is 3.39. The standard InChI is InChI=1S/C19H16ClF4N3O5/c1-4-31-16(29)18(2)8-12(25-32-18)9-5-13(11(21)6-10(9)20)27-15(28)7-14(19(22,23)24)26(3)17(27)30/h5-7H,4,8H2,1-3H3/t18-/m1/s1. The number of carbonyl (C=O) groups excluding carboxylic acids is 1. The predicted molar refractivity (Wildman–Crippen MR) is 105 cm³/mol. The highest BCUT2D eigenvalue weighted by Crippen LogP contribution is 2.32. The molecule has 0 saturated heterocycles. The van der Waals surface area contributed by atoms with Crippen molar-refractivity contribution in [2.75, 3.05) is 6.61 Å². The van der Waals surface area contributed by atoms with E-state index in [1.54, 1.807) is 6.92 Å². The molecule has 172 valence electrons. The number of nitrogens with zero attached hydrogens (tertiary/aromatic N) is 3. The summed E-state index contributed by atoms with van der Waals surface area (Å²) in [5.41, 5.74) is -6.32. The largest absolute Gasteiger partial charge is 0.463 e.